The minimum Gasteiger partial charge on any atom is -0.378 e. The van der Waals surface area contributed by atoms with Gasteiger partial charge in [0.1, 0.15) is 11.5 Å². The Labute approximate surface area is 185 Å². The average Bonchev–Trinajstić information content (AvgIpc) is 3.28. The lowest BCUT2D eigenvalue weighted by molar-refractivity contribution is 0.0785. The summed E-state index contributed by atoms with van der Waals surface area (Å²) in [5, 5.41) is 13.2. The Hall–Kier alpha value is -3.85. The number of hydrogen-bond acceptors (Lipinski definition) is 7. The molecule has 0 N–H and O–H groups in total. The number of pyridine rings is 1. The third kappa shape index (κ3) is 4.02. The van der Waals surface area contributed by atoms with E-state index >= 15 is 0 Å². The monoisotopic (exact) mass is 429 g/mol. The van der Waals surface area contributed by atoms with Gasteiger partial charge >= 0.3 is 0 Å². The fourth-order valence-electron chi connectivity index (χ4n) is 3.74. The maximum atomic E-state index is 13.0. The van der Waals surface area contributed by atoms with Gasteiger partial charge in [0.15, 0.2) is 5.65 Å². The van der Waals surface area contributed by atoms with Crippen LogP contribution in [0.2, 0.25) is 0 Å². The van der Waals surface area contributed by atoms with Crippen LogP contribution in [0.25, 0.3) is 17.2 Å². The number of carbonyl (C=O) groups excluding carboxylic acids is 1. The van der Waals surface area contributed by atoms with Crippen molar-refractivity contribution in [2.24, 2.45) is 0 Å². The van der Waals surface area contributed by atoms with Gasteiger partial charge in [-0.05, 0) is 29.8 Å². The zero-order valence-corrected chi connectivity index (χ0v) is 17.8. The fourth-order valence-corrected chi connectivity index (χ4v) is 3.74. The van der Waals surface area contributed by atoms with Crippen molar-refractivity contribution in [2.45, 2.75) is 6.54 Å². The van der Waals surface area contributed by atoms with Crippen LogP contribution >= 0.6 is 0 Å². The zero-order valence-electron chi connectivity index (χ0n) is 17.8. The van der Waals surface area contributed by atoms with E-state index in [2.05, 4.69) is 20.1 Å². The fraction of sp³-hybridized carbons (Fsp3) is 0.261. The van der Waals surface area contributed by atoms with Crippen LogP contribution in [0.1, 0.15) is 15.9 Å². The number of nitrogens with zero attached hydrogens (tertiary/aromatic N) is 7. The second-order valence-corrected chi connectivity index (χ2v) is 7.66. The molecule has 1 aliphatic heterocycles. The Morgan fingerprint density at radius 2 is 1.88 bits per heavy atom. The molecule has 0 bridgehead atoms. The molecule has 32 heavy (non-hydrogen) atoms. The second-order valence-electron chi connectivity index (χ2n) is 7.66. The van der Waals surface area contributed by atoms with Crippen LogP contribution in [-0.4, -0.2) is 69.0 Å². The quantitative estimate of drug-likeness (QED) is 0.481. The number of morpholine rings is 1. The zero-order chi connectivity index (χ0) is 21.9. The van der Waals surface area contributed by atoms with E-state index in [1.807, 2.05) is 42.5 Å². The molecule has 0 unspecified atom stereocenters. The molecule has 162 valence electrons. The summed E-state index contributed by atoms with van der Waals surface area (Å²) in [6, 6.07) is 17.2. The number of ether oxygens (including phenoxy) is 1. The predicted octanol–water partition coefficient (Wildman–Crippen LogP) is 2.30. The van der Waals surface area contributed by atoms with Crippen molar-refractivity contribution in [1.82, 2.24) is 29.7 Å². The van der Waals surface area contributed by atoms with Crippen molar-refractivity contribution in [3.63, 3.8) is 0 Å². The van der Waals surface area contributed by atoms with E-state index in [1.165, 1.54) is 0 Å². The number of aromatic nitrogens is 5. The van der Waals surface area contributed by atoms with E-state index in [9.17, 15) is 4.79 Å². The SMILES string of the molecule is CN(Cc1ccccc1)C(=O)c1ccnc(-c2nnc3ccc(N4CCOCC4)nn23)c1. The van der Waals surface area contributed by atoms with Crippen molar-refractivity contribution >= 4 is 17.4 Å². The smallest absolute Gasteiger partial charge is 0.254 e. The largest absolute Gasteiger partial charge is 0.378 e. The Bertz CT molecular complexity index is 1240. The number of fused-ring (bicyclic) bond motifs is 1. The summed E-state index contributed by atoms with van der Waals surface area (Å²) >= 11 is 0. The number of hydrogen-bond donors (Lipinski definition) is 0. The number of anilines is 1. The number of carbonyl (C=O) groups is 1. The van der Waals surface area contributed by atoms with Gasteiger partial charge < -0.3 is 14.5 Å². The molecule has 9 nitrogen and oxygen atoms in total. The highest BCUT2D eigenvalue weighted by Crippen LogP contribution is 2.20. The minimum absolute atomic E-state index is 0.0895. The first-order valence-corrected chi connectivity index (χ1v) is 10.5. The van der Waals surface area contributed by atoms with Gasteiger partial charge in [-0.25, -0.2) is 0 Å². The molecule has 1 aromatic carbocycles. The van der Waals surface area contributed by atoms with Crippen molar-refractivity contribution in [2.75, 3.05) is 38.3 Å². The summed E-state index contributed by atoms with van der Waals surface area (Å²) in [6.07, 6.45) is 1.62. The summed E-state index contributed by atoms with van der Waals surface area (Å²) in [7, 11) is 1.79. The van der Waals surface area contributed by atoms with Gasteiger partial charge in [0, 0.05) is 38.4 Å². The third-order valence-corrected chi connectivity index (χ3v) is 5.43. The molecule has 0 radical (unpaired) electrons. The molecule has 5 rings (SSSR count). The molecule has 0 aliphatic carbocycles. The van der Waals surface area contributed by atoms with Crippen LogP contribution in [0.15, 0.2) is 60.8 Å². The summed E-state index contributed by atoms with van der Waals surface area (Å²) in [4.78, 5) is 21.3. The van der Waals surface area contributed by atoms with Crippen LogP contribution in [-0.2, 0) is 11.3 Å². The molecule has 4 heterocycles. The standard InChI is InChI=1S/C23H23N7O2/c1-28(16-17-5-3-2-4-6-17)23(31)18-9-10-24-19(15-18)22-26-25-20-7-8-21(27-30(20)22)29-11-13-32-14-12-29/h2-10,15H,11-14,16H2,1H3. The minimum atomic E-state index is -0.0895. The molecule has 0 spiro atoms. The van der Waals surface area contributed by atoms with E-state index in [0.29, 0.717) is 42.5 Å². The van der Waals surface area contributed by atoms with E-state index in [-0.39, 0.29) is 5.91 Å². The van der Waals surface area contributed by atoms with Gasteiger partial charge in [-0.2, -0.15) is 4.52 Å². The molecule has 1 saturated heterocycles. The molecule has 1 aliphatic rings. The van der Waals surface area contributed by atoms with E-state index in [0.717, 1.165) is 24.5 Å². The molecule has 4 aromatic rings. The van der Waals surface area contributed by atoms with Crippen LogP contribution in [0.5, 0.6) is 0 Å². The number of amides is 1. The van der Waals surface area contributed by atoms with E-state index in [1.54, 1.807) is 34.8 Å². The van der Waals surface area contributed by atoms with Gasteiger partial charge in [-0.15, -0.1) is 15.3 Å². The lowest BCUT2D eigenvalue weighted by Gasteiger charge is -2.27. The summed E-state index contributed by atoms with van der Waals surface area (Å²) in [5.41, 5.74) is 2.77. The predicted molar refractivity (Wildman–Crippen MR) is 119 cm³/mol. The first kappa shape index (κ1) is 20.1. The van der Waals surface area contributed by atoms with Crippen LogP contribution in [0.3, 0.4) is 0 Å². The van der Waals surface area contributed by atoms with Crippen LogP contribution in [0.4, 0.5) is 5.82 Å². The van der Waals surface area contributed by atoms with E-state index in [4.69, 9.17) is 9.84 Å². The molecule has 1 fully saturated rings. The number of benzene rings is 1. The Morgan fingerprint density at radius 3 is 2.69 bits per heavy atom. The molecular weight excluding hydrogens is 406 g/mol. The van der Waals surface area contributed by atoms with Gasteiger partial charge in [0.25, 0.3) is 5.91 Å². The molecule has 9 heteroatoms. The van der Waals surface area contributed by atoms with E-state index < -0.39 is 0 Å². The summed E-state index contributed by atoms with van der Waals surface area (Å²) in [5.74, 6) is 1.24. The second kappa shape index (κ2) is 8.72. The van der Waals surface area contributed by atoms with Gasteiger partial charge in [-0.1, -0.05) is 30.3 Å². The van der Waals surface area contributed by atoms with Crippen LogP contribution in [0, 0.1) is 0 Å². The highest BCUT2D eigenvalue weighted by atomic mass is 16.5. The molecular formula is C23H23N7O2. The van der Waals surface area contributed by atoms with Gasteiger partial charge in [-0.3, -0.25) is 9.78 Å². The van der Waals surface area contributed by atoms with Crippen molar-refractivity contribution in [3.8, 4) is 11.5 Å². The third-order valence-electron chi connectivity index (χ3n) is 5.43. The van der Waals surface area contributed by atoms with Gasteiger partial charge in [0.05, 0.1) is 13.2 Å². The van der Waals surface area contributed by atoms with Gasteiger partial charge in [0.2, 0.25) is 5.82 Å². The summed E-state index contributed by atoms with van der Waals surface area (Å²) in [6.45, 7) is 3.45. The Balaban J connectivity index is 1.43. The number of rotatable bonds is 5. The maximum Gasteiger partial charge on any atom is 0.254 e. The lowest BCUT2D eigenvalue weighted by Crippen LogP contribution is -2.37. The summed E-state index contributed by atoms with van der Waals surface area (Å²) < 4.78 is 7.11. The van der Waals surface area contributed by atoms with Crippen LogP contribution < -0.4 is 4.90 Å². The first-order valence-electron chi connectivity index (χ1n) is 10.5. The highest BCUT2D eigenvalue weighted by molar-refractivity contribution is 5.94. The topological polar surface area (TPSA) is 88.8 Å². The van der Waals surface area contributed by atoms with Crippen molar-refractivity contribution < 1.29 is 9.53 Å². The molecule has 1 amide bonds. The molecule has 0 saturated carbocycles. The normalized spacial score (nSPS) is 14.0. The Kier molecular flexibility index (Phi) is 5.47. The maximum absolute atomic E-state index is 13.0. The van der Waals surface area contributed by atoms with Crippen molar-refractivity contribution in [1.29, 1.82) is 0 Å². The first-order chi connectivity index (χ1) is 15.7. The molecule has 0 atom stereocenters. The molecule has 3 aromatic heterocycles. The van der Waals surface area contributed by atoms with Crippen molar-refractivity contribution in [3.05, 3.63) is 71.9 Å². The highest BCUT2D eigenvalue weighted by Gasteiger charge is 2.18. The average molecular weight is 429 g/mol. The Morgan fingerprint density at radius 1 is 1.06 bits per heavy atom. The lowest BCUT2D eigenvalue weighted by atomic mass is 10.1.